The Morgan fingerprint density at radius 3 is 3.00 bits per heavy atom. The molecule has 0 bridgehead atoms. The number of fused-ring (bicyclic) bond motifs is 1. The predicted molar refractivity (Wildman–Crippen MR) is 74.6 cm³/mol. The minimum Gasteiger partial charge on any atom is -0.494 e. The molecular weight excluding hydrogens is 240 g/mol. The van der Waals surface area contributed by atoms with Crippen LogP contribution in [0.3, 0.4) is 0 Å². The highest BCUT2D eigenvalue weighted by molar-refractivity contribution is 5.81. The fourth-order valence-corrected chi connectivity index (χ4v) is 2.21. The zero-order valence-electron chi connectivity index (χ0n) is 11.1. The molecule has 19 heavy (non-hydrogen) atoms. The quantitative estimate of drug-likeness (QED) is 0.462. The lowest BCUT2D eigenvalue weighted by Crippen LogP contribution is -2.11. The van der Waals surface area contributed by atoms with Gasteiger partial charge < -0.3 is 9.47 Å². The van der Waals surface area contributed by atoms with E-state index in [1.54, 1.807) is 0 Å². The second-order valence-electron chi connectivity index (χ2n) is 4.56. The number of allylic oxidation sites excluding steroid dienone is 1. The first kappa shape index (κ1) is 13.4. The molecule has 100 valence electrons. The van der Waals surface area contributed by atoms with Crippen LogP contribution in [0.5, 0.6) is 0 Å². The molecule has 2 rings (SSSR count). The van der Waals surface area contributed by atoms with E-state index in [0.29, 0.717) is 12.5 Å². The van der Waals surface area contributed by atoms with Gasteiger partial charge in [0.1, 0.15) is 13.2 Å². The summed E-state index contributed by atoms with van der Waals surface area (Å²) in [6.07, 6.45) is 4.09. The van der Waals surface area contributed by atoms with Gasteiger partial charge in [-0.05, 0) is 23.1 Å². The summed E-state index contributed by atoms with van der Waals surface area (Å²) in [6.45, 7) is 6.15. The van der Waals surface area contributed by atoms with Crippen LogP contribution >= 0.6 is 0 Å². The smallest absolute Gasteiger partial charge is 0.330 e. The summed E-state index contributed by atoms with van der Waals surface area (Å²) in [5.41, 5.74) is 2.56. The maximum atomic E-state index is 10.9. The molecule has 0 aromatic heterocycles. The number of rotatable bonds is 5. The Labute approximate surface area is 113 Å². The van der Waals surface area contributed by atoms with Gasteiger partial charge in [-0.15, -0.1) is 0 Å². The van der Waals surface area contributed by atoms with Crippen LogP contribution in [0, 0.1) is 0 Å². The Bertz CT molecular complexity index is 502. The Morgan fingerprint density at radius 2 is 2.21 bits per heavy atom. The van der Waals surface area contributed by atoms with E-state index < -0.39 is 5.97 Å². The average molecular weight is 258 g/mol. The van der Waals surface area contributed by atoms with Crippen LogP contribution in [0.4, 0.5) is 0 Å². The standard InChI is InChI=1S/C16H18O3/c1-3-16(17)19-9-8-18-14-10-12(2)15-7-5-4-6-13(15)11-14/h3-7,11-12H,1,8-10H2,2H3. The summed E-state index contributed by atoms with van der Waals surface area (Å²) in [6, 6.07) is 8.33. The third kappa shape index (κ3) is 3.47. The SMILES string of the molecule is C=CC(=O)OCCOC1=Cc2ccccc2C(C)C1. The summed E-state index contributed by atoms with van der Waals surface area (Å²) in [5.74, 6) is 0.979. The number of carbonyl (C=O) groups excluding carboxylic acids is 1. The summed E-state index contributed by atoms with van der Waals surface area (Å²) in [7, 11) is 0. The molecule has 3 nitrogen and oxygen atoms in total. The predicted octanol–water partition coefficient (Wildman–Crippen LogP) is 3.28. The number of hydrogen-bond donors (Lipinski definition) is 0. The van der Waals surface area contributed by atoms with E-state index in [0.717, 1.165) is 18.3 Å². The molecule has 0 saturated heterocycles. The fraction of sp³-hybridized carbons (Fsp3) is 0.312. The van der Waals surface area contributed by atoms with Crippen LogP contribution in [0.2, 0.25) is 0 Å². The van der Waals surface area contributed by atoms with Gasteiger partial charge in [0, 0.05) is 12.5 Å². The summed E-state index contributed by atoms with van der Waals surface area (Å²) < 4.78 is 10.5. The first-order valence-electron chi connectivity index (χ1n) is 6.42. The van der Waals surface area contributed by atoms with Crippen molar-refractivity contribution in [3.8, 4) is 0 Å². The molecule has 0 aliphatic heterocycles. The lowest BCUT2D eigenvalue weighted by molar-refractivity contribution is -0.138. The van der Waals surface area contributed by atoms with Crippen LogP contribution in [0.25, 0.3) is 6.08 Å². The third-order valence-electron chi connectivity index (χ3n) is 3.13. The van der Waals surface area contributed by atoms with Gasteiger partial charge in [0.15, 0.2) is 0 Å². The molecule has 1 aliphatic carbocycles. The Kier molecular flexibility index (Phi) is 4.39. The van der Waals surface area contributed by atoms with Gasteiger partial charge in [0.2, 0.25) is 0 Å². The number of ether oxygens (including phenoxy) is 2. The molecule has 0 spiro atoms. The highest BCUT2D eigenvalue weighted by Crippen LogP contribution is 2.33. The summed E-state index contributed by atoms with van der Waals surface area (Å²) in [4.78, 5) is 10.9. The van der Waals surface area contributed by atoms with Gasteiger partial charge in [-0.1, -0.05) is 37.8 Å². The largest absolute Gasteiger partial charge is 0.494 e. The lowest BCUT2D eigenvalue weighted by atomic mass is 9.87. The van der Waals surface area contributed by atoms with E-state index in [-0.39, 0.29) is 6.61 Å². The Morgan fingerprint density at radius 1 is 1.42 bits per heavy atom. The summed E-state index contributed by atoms with van der Waals surface area (Å²) >= 11 is 0. The van der Waals surface area contributed by atoms with Crippen molar-refractivity contribution in [2.45, 2.75) is 19.3 Å². The highest BCUT2D eigenvalue weighted by Gasteiger charge is 2.17. The Balaban J connectivity index is 1.90. The second kappa shape index (κ2) is 6.23. The number of esters is 1. The van der Waals surface area contributed by atoms with Crippen LogP contribution in [0.15, 0.2) is 42.7 Å². The van der Waals surface area contributed by atoms with E-state index in [1.807, 2.05) is 6.07 Å². The maximum absolute atomic E-state index is 10.9. The molecule has 0 heterocycles. The highest BCUT2D eigenvalue weighted by atomic mass is 16.6. The molecule has 3 heteroatoms. The lowest BCUT2D eigenvalue weighted by Gasteiger charge is -2.22. The van der Waals surface area contributed by atoms with Crippen LogP contribution in [-0.4, -0.2) is 19.2 Å². The van der Waals surface area contributed by atoms with Crippen molar-refractivity contribution in [3.63, 3.8) is 0 Å². The Hall–Kier alpha value is -2.03. The summed E-state index contributed by atoms with van der Waals surface area (Å²) in [5, 5.41) is 0. The zero-order chi connectivity index (χ0) is 13.7. The van der Waals surface area contributed by atoms with E-state index in [4.69, 9.17) is 9.47 Å². The van der Waals surface area contributed by atoms with Crippen molar-refractivity contribution in [3.05, 3.63) is 53.8 Å². The number of benzene rings is 1. The molecule has 1 aromatic rings. The van der Waals surface area contributed by atoms with Gasteiger partial charge in [-0.3, -0.25) is 0 Å². The first-order chi connectivity index (χ1) is 9.20. The first-order valence-corrected chi connectivity index (χ1v) is 6.42. The molecule has 0 amide bonds. The number of carbonyl (C=O) groups is 1. The van der Waals surface area contributed by atoms with Crippen molar-refractivity contribution in [1.29, 1.82) is 0 Å². The van der Waals surface area contributed by atoms with Gasteiger partial charge in [-0.2, -0.15) is 0 Å². The molecule has 0 N–H and O–H groups in total. The van der Waals surface area contributed by atoms with Crippen LogP contribution < -0.4 is 0 Å². The minimum absolute atomic E-state index is 0.248. The molecular formula is C16H18O3. The van der Waals surface area contributed by atoms with Crippen molar-refractivity contribution in [1.82, 2.24) is 0 Å². The van der Waals surface area contributed by atoms with Crippen molar-refractivity contribution in [2.75, 3.05) is 13.2 Å². The van der Waals surface area contributed by atoms with E-state index in [9.17, 15) is 4.79 Å². The van der Waals surface area contributed by atoms with Crippen molar-refractivity contribution in [2.24, 2.45) is 0 Å². The second-order valence-corrected chi connectivity index (χ2v) is 4.56. The van der Waals surface area contributed by atoms with Crippen LogP contribution in [0.1, 0.15) is 30.4 Å². The van der Waals surface area contributed by atoms with Crippen LogP contribution in [-0.2, 0) is 14.3 Å². The van der Waals surface area contributed by atoms with Gasteiger partial charge in [-0.25, -0.2) is 4.79 Å². The molecule has 1 unspecified atom stereocenters. The van der Waals surface area contributed by atoms with Crippen molar-refractivity contribution >= 4 is 12.0 Å². The average Bonchev–Trinajstić information content (AvgIpc) is 2.43. The van der Waals surface area contributed by atoms with E-state index in [2.05, 4.69) is 37.8 Å². The molecule has 0 radical (unpaired) electrons. The van der Waals surface area contributed by atoms with E-state index >= 15 is 0 Å². The molecule has 1 aliphatic rings. The van der Waals surface area contributed by atoms with E-state index in [1.165, 1.54) is 11.1 Å². The number of hydrogen-bond acceptors (Lipinski definition) is 3. The minimum atomic E-state index is -0.417. The monoisotopic (exact) mass is 258 g/mol. The molecule has 0 saturated carbocycles. The van der Waals surface area contributed by atoms with Gasteiger partial charge in [0.05, 0.1) is 5.76 Å². The third-order valence-corrected chi connectivity index (χ3v) is 3.13. The zero-order valence-corrected chi connectivity index (χ0v) is 11.1. The normalized spacial score (nSPS) is 17.1. The van der Waals surface area contributed by atoms with Crippen molar-refractivity contribution < 1.29 is 14.3 Å². The fourth-order valence-electron chi connectivity index (χ4n) is 2.21. The molecule has 1 atom stereocenters. The van der Waals surface area contributed by atoms with Gasteiger partial charge in [0.25, 0.3) is 0 Å². The molecule has 0 fully saturated rings. The maximum Gasteiger partial charge on any atom is 0.330 e. The van der Waals surface area contributed by atoms with Gasteiger partial charge >= 0.3 is 5.97 Å². The molecule has 1 aromatic carbocycles. The topological polar surface area (TPSA) is 35.5 Å².